The predicted octanol–water partition coefficient (Wildman–Crippen LogP) is 3.67. The lowest BCUT2D eigenvalue weighted by Crippen LogP contribution is -2.46. The SMILES string of the molecule is O=C1N(c2ccc[n+]([O-])c2)Cc2cnc(Nc3ccccc3)nc2N1c1cccc(CCO)c1. The molecule has 0 saturated carbocycles. The Balaban J connectivity index is 1.60. The molecular formula is C25H22N6O3. The number of anilines is 5. The summed E-state index contributed by atoms with van der Waals surface area (Å²) in [6.45, 7) is 0.220. The Morgan fingerprint density at radius 1 is 1.06 bits per heavy atom. The maximum Gasteiger partial charge on any atom is 0.335 e. The van der Waals surface area contributed by atoms with Crippen LogP contribution in [0.2, 0.25) is 0 Å². The number of nitrogens with one attached hydrogen (secondary N) is 1. The summed E-state index contributed by atoms with van der Waals surface area (Å²) in [5.74, 6) is 0.821. The summed E-state index contributed by atoms with van der Waals surface area (Å²) < 4.78 is 0.660. The molecule has 0 atom stereocenters. The summed E-state index contributed by atoms with van der Waals surface area (Å²) in [6.07, 6.45) is 4.87. The van der Waals surface area contributed by atoms with E-state index in [4.69, 9.17) is 0 Å². The summed E-state index contributed by atoms with van der Waals surface area (Å²) >= 11 is 0. The van der Waals surface area contributed by atoms with Crippen LogP contribution >= 0.6 is 0 Å². The van der Waals surface area contributed by atoms with Crippen LogP contribution in [0, 0.1) is 5.21 Å². The molecule has 0 bridgehead atoms. The third-order valence-corrected chi connectivity index (χ3v) is 5.47. The first-order valence-electron chi connectivity index (χ1n) is 10.8. The highest BCUT2D eigenvalue weighted by atomic mass is 16.5. The fraction of sp³-hybridized carbons (Fsp3) is 0.120. The van der Waals surface area contributed by atoms with Gasteiger partial charge in [-0.1, -0.05) is 30.3 Å². The lowest BCUT2D eigenvalue weighted by atomic mass is 10.1. The Morgan fingerprint density at radius 3 is 2.68 bits per heavy atom. The lowest BCUT2D eigenvalue weighted by Gasteiger charge is -2.35. The van der Waals surface area contributed by atoms with E-state index in [0.717, 1.165) is 16.8 Å². The first-order valence-corrected chi connectivity index (χ1v) is 10.8. The molecule has 0 spiro atoms. The van der Waals surface area contributed by atoms with Gasteiger partial charge in [0, 0.05) is 30.1 Å². The van der Waals surface area contributed by atoms with E-state index in [9.17, 15) is 15.1 Å². The molecule has 9 heteroatoms. The van der Waals surface area contributed by atoms with E-state index in [1.165, 1.54) is 22.2 Å². The van der Waals surface area contributed by atoms with Gasteiger partial charge in [0.15, 0.2) is 12.0 Å². The Labute approximate surface area is 196 Å². The zero-order valence-electron chi connectivity index (χ0n) is 18.2. The second-order valence-electron chi connectivity index (χ2n) is 7.80. The van der Waals surface area contributed by atoms with Crippen molar-refractivity contribution in [3.8, 4) is 0 Å². The Hall–Kier alpha value is -4.50. The van der Waals surface area contributed by atoms with Crippen molar-refractivity contribution in [1.29, 1.82) is 0 Å². The van der Waals surface area contributed by atoms with Crippen molar-refractivity contribution >= 4 is 34.9 Å². The number of pyridine rings is 1. The van der Waals surface area contributed by atoms with Crippen LogP contribution in [0.25, 0.3) is 0 Å². The normalized spacial score (nSPS) is 13.0. The van der Waals surface area contributed by atoms with Crippen molar-refractivity contribution in [1.82, 2.24) is 9.97 Å². The summed E-state index contributed by atoms with van der Waals surface area (Å²) in [5.41, 5.74) is 3.52. The van der Waals surface area contributed by atoms with Crippen molar-refractivity contribution in [3.05, 3.63) is 102 Å². The zero-order chi connectivity index (χ0) is 23.5. The Kier molecular flexibility index (Phi) is 5.75. The molecule has 1 aliphatic rings. The fourth-order valence-electron chi connectivity index (χ4n) is 3.88. The number of carbonyl (C=O) groups is 1. The van der Waals surface area contributed by atoms with Gasteiger partial charge in [0.2, 0.25) is 12.1 Å². The minimum Gasteiger partial charge on any atom is -0.619 e. The van der Waals surface area contributed by atoms with Crippen LogP contribution in [-0.4, -0.2) is 27.7 Å². The van der Waals surface area contributed by atoms with Crippen molar-refractivity contribution in [2.75, 3.05) is 21.7 Å². The molecule has 1 aliphatic heterocycles. The molecule has 2 aromatic heterocycles. The Bertz CT molecular complexity index is 1330. The predicted molar refractivity (Wildman–Crippen MR) is 128 cm³/mol. The molecule has 4 aromatic rings. The van der Waals surface area contributed by atoms with Gasteiger partial charge >= 0.3 is 6.03 Å². The second-order valence-corrected chi connectivity index (χ2v) is 7.80. The highest BCUT2D eigenvalue weighted by molar-refractivity contribution is 6.10. The molecule has 9 nitrogen and oxygen atoms in total. The van der Waals surface area contributed by atoms with Gasteiger partial charge in [0.25, 0.3) is 0 Å². The van der Waals surface area contributed by atoms with E-state index in [1.54, 1.807) is 18.3 Å². The number of nitrogens with zero attached hydrogens (tertiary/aromatic N) is 5. The molecule has 3 heterocycles. The number of para-hydroxylation sites is 1. The Morgan fingerprint density at radius 2 is 1.88 bits per heavy atom. The summed E-state index contributed by atoms with van der Waals surface area (Å²) in [4.78, 5) is 25.9. The summed E-state index contributed by atoms with van der Waals surface area (Å²) in [7, 11) is 0. The number of carbonyl (C=O) groups excluding carboxylic acids is 1. The van der Waals surface area contributed by atoms with Crippen LogP contribution in [0.3, 0.4) is 0 Å². The summed E-state index contributed by atoms with van der Waals surface area (Å²) in [6, 6.07) is 19.9. The van der Waals surface area contributed by atoms with Gasteiger partial charge in [-0.3, -0.25) is 4.90 Å². The molecule has 0 radical (unpaired) electrons. The van der Waals surface area contributed by atoms with E-state index < -0.39 is 0 Å². The number of aliphatic hydroxyl groups is 1. The van der Waals surface area contributed by atoms with Crippen LogP contribution in [0.4, 0.5) is 33.6 Å². The highest BCUT2D eigenvalue weighted by Gasteiger charge is 2.35. The highest BCUT2D eigenvalue weighted by Crippen LogP contribution is 2.36. The van der Waals surface area contributed by atoms with Crippen molar-refractivity contribution < 1.29 is 14.6 Å². The quantitative estimate of drug-likeness (QED) is 0.340. The molecule has 2 N–H and O–H groups in total. The number of rotatable bonds is 6. The maximum atomic E-state index is 13.7. The molecule has 0 unspecified atom stereocenters. The fourth-order valence-corrected chi connectivity index (χ4v) is 3.88. The maximum absolute atomic E-state index is 13.7. The van der Waals surface area contributed by atoms with Crippen molar-refractivity contribution in [3.63, 3.8) is 0 Å². The second kappa shape index (κ2) is 9.16. The van der Waals surface area contributed by atoms with E-state index in [0.29, 0.717) is 34.3 Å². The van der Waals surface area contributed by atoms with Gasteiger partial charge in [-0.05, 0) is 42.3 Å². The van der Waals surface area contributed by atoms with Crippen molar-refractivity contribution in [2.45, 2.75) is 13.0 Å². The molecule has 170 valence electrons. The minimum absolute atomic E-state index is 0.000933. The molecule has 2 aromatic carbocycles. The van der Waals surface area contributed by atoms with Crippen LogP contribution in [0.5, 0.6) is 0 Å². The monoisotopic (exact) mass is 454 g/mol. The summed E-state index contributed by atoms with van der Waals surface area (Å²) in [5, 5.41) is 24.4. The molecule has 2 amide bonds. The van der Waals surface area contributed by atoms with Gasteiger partial charge < -0.3 is 15.6 Å². The average Bonchev–Trinajstić information content (AvgIpc) is 2.85. The van der Waals surface area contributed by atoms with E-state index in [-0.39, 0.29) is 19.2 Å². The van der Waals surface area contributed by atoms with Crippen LogP contribution in [0.15, 0.2) is 85.3 Å². The number of hydrogen-bond donors (Lipinski definition) is 2. The van der Waals surface area contributed by atoms with E-state index >= 15 is 0 Å². The van der Waals surface area contributed by atoms with Gasteiger partial charge in [0.05, 0.1) is 12.2 Å². The number of aromatic nitrogens is 3. The first kappa shape index (κ1) is 21.4. The van der Waals surface area contributed by atoms with Crippen molar-refractivity contribution in [2.24, 2.45) is 0 Å². The largest absolute Gasteiger partial charge is 0.619 e. The average molecular weight is 454 g/mol. The van der Waals surface area contributed by atoms with Gasteiger partial charge in [-0.2, -0.15) is 9.71 Å². The molecular weight excluding hydrogens is 432 g/mol. The van der Waals surface area contributed by atoms with Crippen LogP contribution < -0.4 is 19.8 Å². The topological polar surface area (TPSA) is 109 Å². The minimum atomic E-state index is -0.343. The van der Waals surface area contributed by atoms with Crippen LogP contribution in [0.1, 0.15) is 11.1 Å². The lowest BCUT2D eigenvalue weighted by molar-refractivity contribution is -0.604. The molecule has 5 rings (SSSR count). The third kappa shape index (κ3) is 4.24. The van der Waals surface area contributed by atoms with Gasteiger partial charge in [-0.25, -0.2) is 14.7 Å². The number of hydrogen-bond acceptors (Lipinski definition) is 6. The van der Waals surface area contributed by atoms with E-state index in [2.05, 4.69) is 15.3 Å². The molecule has 34 heavy (non-hydrogen) atoms. The third-order valence-electron chi connectivity index (χ3n) is 5.47. The molecule has 0 saturated heterocycles. The number of fused-ring (bicyclic) bond motifs is 1. The zero-order valence-corrected chi connectivity index (χ0v) is 18.2. The first-order chi connectivity index (χ1) is 16.6. The number of amides is 2. The smallest absolute Gasteiger partial charge is 0.335 e. The van der Waals surface area contributed by atoms with E-state index in [1.807, 2.05) is 54.6 Å². The van der Waals surface area contributed by atoms with Gasteiger partial charge in [0.1, 0.15) is 5.69 Å². The number of urea groups is 1. The molecule has 0 fully saturated rings. The standard InChI is InChI=1S/C25H22N6O3/c32-13-11-18-6-4-9-21(14-18)31-23-19(15-26-24(28-23)27-20-7-2-1-3-8-20)16-30(25(31)33)22-10-5-12-29(34)17-22/h1-10,12,14-15,17,32H,11,13,16H2,(H,26,27,28). The number of aliphatic hydroxyl groups excluding tert-OH is 1. The van der Waals surface area contributed by atoms with Gasteiger partial charge in [-0.15, -0.1) is 0 Å². The number of benzene rings is 2. The molecule has 0 aliphatic carbocycles. The van der Waals surface area contributed by atoms with Crippen LogP contribution in [-0.2, 0) is 13.0 Å².